The van der Waals surface area contributed by atoms with Gasteiger partial charge in [-0.15, -0.1) is 11.3 Å². The molecule has 0 bridgehead atoms. The highest BCUT2D eigenvalue weighted by molar-refractivity contribution is 7.91. The first-order chi connectivity index (χ1) is 27.5. The van der Waals surface area contributed by atoms with Gasteiger partial charge < -0.3 is 35.1 Å². The second-order valence-electron chi connectivity index (χ2n) is 14.7. The highest BCUT2D eigenvalue weighted by atomic mass is 32.2. The molecular weight excluding hydrogens is 782 g/mol. The number of allylic oxidation sites excluding steroid dienone is 1. The molecule has 5 amide bonds. The van der Waals surface area contributed by atoms with Crippen LogP contribution in [-0.4, -0.2) is 110 Å². The number of nitrogens with one attached hydrogen (secondary N) is 4. The Bertz CT molecular complexity index is 2150. The monoisotopic (exact) mass is 827 g/mol. The van der Waals surface area contributed by atoms with Gasteiger partial charge in [0.1, 0.15) is 36.1 Å². The molecule has 16 nitrogen and oxygen atoms in total. The van der Waals surface area contributed by atoms with Crippen molar-refractivity contribution in [2.24, 2.45) is 5.92 Å². The summed E-state index contributed by atoms with van der Waals surface area (Å²) < 4.78 is 58.4. The van der Waals surface area contributed by atoms with Crippen molar-refractivity contribution in [3.8, 4) is 28.0 Å². The molecule has 5 atom stereocenters. The second kappa shape index (κ2) is 16.8. The quantitative estimate of drug-likeness (QED) is 0.206. The van der Waals surface area contributed by atoms with Crippen LogP contribution in [0.15, 0.2) is 41.8 Å². The van der Waals surface area contributed by atoms with Gasteiger partial charge in [0.05, 0.1) is 41.9 Å². The van der Waals surface area contributed by atoms with E-state index in [9.17, 15) is 32.0 Å². The maximum absolute atomic E-state index is 14.5. The number of carbonyl (C=O) groups excluding carboxylic acids is 4. The third-order valence-electron chi connectivity index (χ3n) is 10.7. The molecule has 19 heteroatoms. The molecule has 1 aromatic carbocycles. The molecule has 4 aliphatic rings. The van der Waals surface area contributed by atoms with Crippen LogP contribution in [0.2, 0.25) is 0 Å². The van der Waals surface area contributed by atoms with Crippen molar-refractivity contribution in [3.63, 3.8) is 0 Å². The van der Waals surface area contributed by atoms with E-state index in [2.05, 4.69) is 20.7 Å². The minimum atomic E-state index is -3.93. The average Bonchev–Trinajstić information content (AvgIpc) is 4.06. The number of amides is 5. The third kappa shape index (κ3) is 8.78. The topological polar surface area (TPSA) is 207 Å². The predicted molar refractivity (Wildman–Crippen MR) is 208 cm³/mol. The van der Waals surface area contributed by atoms with Crippen LogP contribution in [0.1, 0.15) is 57.8 Å². The van der Waals surface area contributed by atoms with Crippen LogP contribution in [0.5, 0.6) is 17.4 Å². The number of rotatable bonds is 11. The summed E-state index contributed by atoms with van der Waals surface area (Å²) in [6.07, 6.45) is 6.91. The van der Waals surface area contributed by atoms with Gasteiger partial charge in [-0.25, -0.2) is 27.6 Å². The van der Waals surface area contributed by atoms with Crippen molar-refractivity contribution in [1.82, 2.24) is 35.5 Å². The average molecular weight is 828 g/mol. The van der Waals surface area contributed by atoms with E-state index in [1.54, 1.807) is 12.1 Å². The predicted octanol–water partition coefficient (Wildman–Crippen LogP) is 3.36. The lowest BCUT2D eigenvalue weighted by Crippen LogP contribution is -2.58. The zero-order valence-electron chi connectivity index (χ0n) is 31.6. The molecule has 2 aliphatic heterocycles. The van der Waals surface area contributed by atoms with Crippen molar-refractivity contribution < 1.29 is 46.2 Å². The molecule has 0 unspecified atom stereocenters. The van der Waals surface area contributed by atoms with Crippen molar-refractivity contribution >= 4 is 56.1 Å². The highest BCUT2D eigenvalue weighted by Crippen LogP contribution is 2.46. The van der Waals surface area contributed by atoms with Crippen LogP contribution in [0.3, 0.4) is 0 Å². The maximum atomic E-state index is 14.5. The van der Waals surface area contributed by atoms with Crippen LogP contribution in [0.4, 0.5) is 9.18 Å². The number of aromatic nitrogens is 2. The van der Waals surface area contributed by atoms with Crippen LogP contribution in [0, 0.1) is 5.92 Å². The molecule has 1 saturated heterocycles. The number of carbonyl (C=O) groups is 4. The summed E-state index contributed by atoms with van der Waals surface area (Å²) in [7, 11) is -0.908. The molecule has 0 spiro atoms. The number of nitrogens with zero attached hydrogens (tertiary/aromatic N) is 3. The van der Waals surface area contributed by atoms with Gasteiger partial charge in [0.25, 0.3) is 5.91 Å². The number of fused-ring (bicyclic) bond motifs is 3. The van der Waals surface area contributed by atoms with Crippen LogP contribution < -0.4 is 34.9 Å². The van der Waals surface area contributed by atoms with E-state index in [-0.39, 0.29) is 38.2 Å². The van der Waals surface area contributed by atoms with E-state index < -0.39 is 75.3 Å². The van der Waals surface area contributed by atoms with E-state index in [0.29, 0.717) is 60.3 Å². The first-order valence-electron chi connectivity index (χ1n) is 19.1. The van der Waals surface area contributed by atoms with Crippen molar-refractivity contribution in [2.45, 2.75) is 86.8 Å². The molecule has 0 radical (unpaired) electrons. The molecule has 2 aromatic heterocycles. The summed E-state index contributed by atoms with van der Waals surface area (Å²) in [5.74, 6) is -1.51. The smallest absolute Gasteiger partial charge is 0.315 e. The fourth-order valence-corrected chi connectivity index (χ4v) is 9.47. The molecule has 3 fully saturated rings. The Balaban J connectivity index is 1.23. The van der Waals surface area contributed by atoms with Gasteiger partial charge in [-0.1, -0.05) is 31.1 Å². The summed E-state index contributed by atoms with van der Waals surface area (Å²) in [5.41, 5.74) is -0.176. The third-order valence-corrected chi connectivity index (χ3v) is 13.4. The van der Waals surface area contributed by atoms with Gasteiger partial charge in [0.15, 0.2) is 11.5 Å². The Hall–Kier alpha value is -5.04. The van der Waals surface area contributed by atoms with Crippen LogP contribution >= 0.6 is 11.3 Å². The lowest BCUT2D eigenvalue weighted by molar-refractivity contribution is -0.141. The zero-order valence-corrected chi connectivity index (χ0v) is 33.3. The van der Waals surface area contributed by atoms with Crippen molar-refractivity contribution in [1.29, 1.82) is 0 Å². The zero-order chi connectivity index (χ0) is 40.3. The number of hydrogen-bond donors (Lipinski definition) is 4. The SMILES string of the molecule is COc1cc2nc(O[C@@H]3C[C@H]4C(=O)N[C@]5(C(=O)NS(=O)(=O)C6CC6)C[C@H]5/C=C\CCCCC[C@H](NC(=O)NCCF)C(=O)N4C3)c(-c3cccs3)nc2cc1OC. The Morgan fingerprint density at radius 2 is 1.82 bits per heavy atom. The summed E-state index contributed by atoms with van der Waals surface area (Å²) >= 11 is 1.42. The molecule has 3 aromatic rings. The number of sulfonamides is 1. The number of hydrogen-bond acceptors (Lipinski definition) is 12. The molecule has 2 saturated carbocycles. The Kier molecular flexibility index (Phi) is 11.9. The number of urea groups is 1. The molecular formula is C38H46FN7O9S2. The first-order valence-corrected chi connectivity index (χ1v) is 21.5. The van der Waals surface area contributed by atoms with Crippen molar-refractivity contribution in [2.75, 3.05) is 34.0 Å². The van der Waals surface area contributed by atoms with Crippen LogP contribution in [-0.2, 0) is 24.4 Å². The number of thiophene rings is 1. The lowest BCUT2D eigenvalue weighted by atomic mass is 10.0. The van der Waals surface area contributed by atoms with Crippen molar-refractivity contribution in [3.05, 3.63) is 41.8 Å². The summed E-state index contributed by atoms with van der Waals surface area (Å²) in [6.45, 7) is -1.14. The Morgan fingerprint density at radius 1 is 1.07 bits per heavy atom. The second-order valence-corrected chi connectivity index (χ2v) is 17.6. The molecule has 57 heavy (non-hydrogen) atoms. The summed E-state index contributed by atoms with van der Waals surface area (Å²) in [4.78, 5) is 67.3. The van der Waals surface area contributed by atoms with Gasteiger partial charge in [-0.3, -0.25) is 19.1 Å². The van der Waals surface area contributed by atoms with E-state index in [0.717, 1.165) is 11.3 Å². The summed E-state index contributed by atoms with van der Waals surface area (Å²) in [5, 5.41) is 9.15. The number of halogens is 1. The largest absolute Gasteiger partial charge is 0.493 e. The maximum Gasteiger partial charge on any atom is 0.315 e. The fourth-order valence-electron chi connectivity index (χ4n) is 7.40. The van der Waals surface area contributed by atoms with Gasteiger partial charge in [-0.2, -0.15) is 0 Å². The lowest BCUT2D eigenvalue weighted by Gasteiger charge is -2.30. The Morgan fingerprint density at radius 3 is 2.51 bits per heavy atom. The number of methoxy groups -OCH3 is 2. The van der Waals surface area contributed by atoms with E-state index in [4.69, 9.17) is 24.2 Å². The molecule has 4 N–H and O–H groups in total. The number of benzene rings is 1. The number of ether oxygens (including phenoxy) is 3. The highest BCUT2D eigenvalue weighted by Gasteiger charge is 2.62. The molecule has 306 valence electrons. The van der Waals surface area contributed by atoms with E-state index >= 15 is 0 Å². The minimum absolute atomic E-state index is 0.0353. The number of alkyl halides is 1. The minimum Gasteiger partial charge on any atom is -0.493 e. The van der Waals surface area contributed by atoms with Gasteiger partial charge in [0.2, 0.25) is 27.7 Å². The molecule has 4 heterocycles. The van der Waals surface area contributed by atoms with Gasteiger partial charge >= 0.3 is 6.03 Å². The van der Waals surface area contributed by atoms with Crippen LogP contribution in [0.25, 0.3) is 21.6 Å². The first kappa shape index (κ1) is 40.2. The van der Waals surface area contributed by atoms with Gasteiger partial charge in [-0.05, 0) is 50.0 Å². The van der Waals surface area contributed by atoms with E-state index in [1.165, 1.54) is 30.5 Å². The van der Waals surface area contributed by atoms with E-state index in [1.807, 2.05) is 29.7 Å². The fraction of sp³-hybridized carbons (Fsp3) is 0.526. The normalized spacial score (nSPS) is 25.8. The standard InChI is InChI=1S/C38H46FN7O9S2/c1-53-29-18-26-27(19-30(29)54-2)42-34(32(41-26)31-11-8-16-56-31)55-23-17-28-33(47)44-38(36(49)45-57(51,52)24-12-13-24)20-22(38)9-6-4-3-5-7-10-25(35(48)46(28)21-23)43-37(50)40-15-14-39/h6,8-9,11,16,18-19,22-25,28H,3-5,7,10,12-15,17,20-21H2,1-2H3,(H,44,47)(H,45,49)(H2,40,43,50)/b9-6-/t22-,23-,25+,28+,38-/m1/s1. The molecule has 7 rings (SSSR count). The van der Waals surface area contributed by atoms with Gasteiger partial charge in [0, 0.05) is 31.0 Å². The summed E-state index contributed by atoms with van der Waals surface area (Å²) in [6, 6.07) is 4.10. The molecule has 2 aliphatic carbocycles. The Labute approximate surface area is 333 Å².